The fraction of sp³-hybridized carbons (Fsp3) is 0.714. The van der Waals surface area contributed by atoms with Crippen LogP contribution in [0.4, 0.5) is 0 Å². The Morgan fingerprint density at radius 3 is 1.06 bits per heavy atom. The minimum absolute atomic E-state index is 0.00414. The topological polar surface area (TPSA) is 138 Å². The van der Waals surface area contributed by atoms with E-state index in [9.17, 15) is 0 Å². The van der Waals surface area contributed by atoms with Gasteiger partial charge < -0.3 is 71.1 Å². The van der Waals surface area contributed by atoms with E-state index in [1.807, 2.05) is 20.8 Å². The third-order valence-corrected chi connectivity index (χ3v) is 14.9. The van der Waals surface area contributed by atoms with E-state index in [0.29, 0.717) is 85.5 Å². The van der Waals surface area contributed by atoms with Crippen molar-refractivity contribution in [2.45, 2.75) is 150 Å². The molecule has 0 amide bonds. The second-order valence-electron chi connectivity index (χ2n) is 21.5. The molecule has 78 heavy (non-hydrogen) atoms. The predicted molar refractivity (Wildman–Crippen MR) is 306 cm³/mol. The zero-order valence-corrected chi connectivity index (χ0v) is 51.0. The van der Waals surface area contributed by atoms with Gasteiger partial charge in [0.2, 0.25) is 0 Å². The molecule has 0 radical (unpaired) electrons. The Morgan fingerprint density at radius 1 is 0.385 bits per heavy atom. The Morgan fingerprint density at radius 2 is 0.744 bits per heavy atom. The van der Waals surface area contributed by atoms with Gasteiger partial charge in [-0.1, -0.05) is 100 Å². The zero-order chi connectivity index (χ0) is 57.5. The van der Waals surface area contributed by atoms with Crippen molar-refractivity contribution >= 4 is 0 Å². The van der Waals surface area contributed by atoms with Gasteiger partial charge in [-0.3, -0.25) is 0 Å². The number of ether oxygens (including phenoxy) is 15. The quantitative estimate of drug-likeness (QED) is 0.0392. The first kappa shape index (κ1) is 69.3. The van der Waals surface area contributed by atoms with Gasteiger partial charge in [0.1, 0.15) is 0 Å². The summed E-state index contributed by atoms with van der Waals surface area (Å²) < 4.78 is 91.1. The van der Waals surface area contributed by atoms with E-state index in [-0.39, 0.29) is 77.9 Å². The van der Waals surface area contributed by atoms with Crippen molar-refractivity contribution in [3.63, 3.8) is 0 Å². The maximum Gasteiger partial charge on any atom is 0.165 e. The van der Waals surface area contributed by atoms with Crippen LogP contribution in [-0.4, -0.2) is 154 Å². The number of methoxy groups -OCH3 is 9. The average molecular weight is 1100 g/mol. The molecule has 3 aromatic carbocycles. The molecule has 0 bridgehead atoms. The maximum atomic E-state index is 6.94. The molecule has 446 valence electrons. The van der Waals surface area contributed by atoms with E-state index in [1.165, 1.54) is 0 Å². The molecular formula is C63H104O15. The normalized spacial score (nSPS) is 17.3. The van der Waals surface area contributed by atoms with Gasteiger partial charge in [0.05, 0.1) is 94.4 Å². The van der Waals surface area contributed by atoms with Crippen LogP contribution in [0.15, 0.2) is 72.8 Å². The molecule has 1 unspecified atom stereocenters. The molecular weight excluding hydrogens is 997 g/mol. The molecule has 0 N–H and O–H groups in total. The highest BCUT2D eigenvalue weighted by Crippen LogP contribution is 2.37. The average Bonchev–Trinajstić information content (AvgIpc) is 3.46. The molecule has 0 aromatic heterocycles. The van der Waals surface area contributed by atoms with Crippen LogP contribution in [-0.2, 0) is 90.9 Å². The van der Waals surface area contributed by atoms with Gasteiger partial charge in [-0.25, -0.2) is 0 Å². The molecule has 15 heteroatoms. The summed E-state index contributed by atoms with van der Waals surface area (Å²) in [6, 6.07) is 25.1. The van der Waals surface area contributed by atoms with E-state index >= 15 is 0 Å². The second-order valence-corrected chi connectivity index (χ2v) is 21.5. The first-order valence-corrected chi connectivity index (χ1v) is 28.1. The summed E-state index contributed by atoms with van der Waals surface area (Å²) in [4.78, 5) is 0. The summed E-state index contributed by atoms with van der Waals surface area (Å²) in [5.41, 5.74) is 6.02. The van der Waals surface area contributed by atoms with E-state index in [4.69, 9.17) is 71.1 Å². The molecule has 3 rings (SSSR count). The van der Waals surface area contributed by atoms with Crippen LogP contribution in [0.1, 0.15) is 126 Å². The first-order chi connectivity index (χ1) is 37.6. The number of benzene rings is 3. The van der Waals surface area contributed by atoms with Crippen LogP contribution < -0.4 is 0 Å². The molecule has 0 aliphatic rings. The lowest BCUT2D eigenvalue weighted by Gasteiger charge is -2.43. The molecule has 0 aliphatic carbocycles. The van der Waals surface area contributed by atoms with Crippen molar-refractivity contribution in [3.8, 4) is 0 Å². The monoisotopic (exact) mass is 1100 g/mol. The van der Waals surface area contributed by atoms with Gasteiger partial charge in [0, 0.05) is 115 Å². The third kappa shape index (κ3) is 22.8. The van der Waals surface area contributed by atoms with Gasteiger partial charge in [-0.2, -0.15) is 0 Å². The van der Waals surface area contributed by atoms with Crippen molar-refractivity contribution in [2.75, 3.05) is 117 Å². The highest BCUT2D eigenvalue weighted by atomic mass is 16.7. The van der Waals surface area contributed by atoms with Gasteiger partial charge in [0.15, 0.2) is 6.29 Å². The lowest BCUT2D eigenvalue weighted by atomic mass is 9.78. The molecule has 13 atom stereocenters. The van der Waals surface area contributed by atoms with Crippen molar-refractivity contribution in [1.29, 1.82) is 0 Å². The summed E-state index contributed by atoms with van der Waals surface area (Å²) in [7, 11) is 15.4. The Bertz CT molecular complexity index is 1930. The summed E-state index contributed by atoms with van der Waals surface area (Å²) in [5.74, 6) is -0.209. The minimum atomic E-state index is -0.636. The smallest absolute Gasteiger partial charge is 0.165 e. The summed E-state index contributed by atoms with van der Waals surface area (Å²) in [6.07, 6.45) is 0.298. The van der Waals surface area contributed by atoms with Gasteiger partial charge in [-0.15, -0.1) is 0 Å². The van der Waals surface area contributed by atoms with Gasteiger partial charge in [-0.05, 0) is 85.8 Å². The molecule has 0 fully saturated rings. The standard InChI is InChI=1S/C63H104O15/c1-18-33-77-62(78-40-50-25-31-53(32-26-50)60(72-17)56(43-66-11)46(4)69-14)57(47(5)75-36-19-34-73-38-48-21-27-51(28-22-48)58(70-15)54(41-64-9)44(2)67-12)61(63(6,7)8)76-37-20-35-74-39-49-23-29-52(30-24-49)59(71-16)55(42-65-10)45(3)68-13/h21-32,44-47,54-62H,18-20,33-43H2,1-17H3/t44-,45-,46-,47-,54+,55+,56+,57+,58-,59-,60-,61-,62?/m1/s1. The fourth-order valence-corrected chi connectivity index (χ4v) is 10.1. The fourth-order valence-electron chi connectivity index (χ4n) is 10.1. The van der Waals surface area contributed by atoms with Crippen molar-refractivity contribution in [3.05, 3.63) is 106 Å². The molecule has 0 saturated heterocycles. The Kier molecular flexibility index (Phi) is 34.4. The van der Waals surface area contributed by atoms with Crippen molar-refractivity contribution in [1.82, 2.24) is 0 Å². The van der Waals surface area contributed by atoms with E-state index in [1.54, 1.807) is 64.0 Å². The van der Waals surface area contributed by atoms with Crippen LogP contribution in [0.5, 0.6) is 0 Å². The minimum Gasteiger partial charge on any atom is -0.384 e. The highest BCUT2D eigenvalue weighted by Gasteiger charge is 2.43. The number of rotatable bonds is 44. The number of hydrogen-bond acceptors (Lipinski definition) is 15. The Balaban J connectivity index is 1.76. The van der Waals surface area contributed by atoms with Gasteiger partial charge >= 0.3 is 0 Å². The zero-order valence-electron chi connectivity index (χ0n) is 51.0. The van der Waals surface area contributed by atoms with Gasteiger partial charge in [0.25, 0.3) is 0 Å². The van der Waals surface area contributed by atoms with E-state index in [2.05, 4.69) is 107 Å². The predicted octanol–water partition coefficient (Wildman–Crippen LogP) is 11.6. The molecule has 0 heterocycles. The summed E-state index contributed by atoms with van der Waals surface area (Å²) in [5, 5.41) is 0. The molecule has 15 nitrogen and oxygen atoms in total. The van der Waals surface area contributed by atoms with Crippen LogP contribution >= 0.6 is 0 Å². The highest BCUT2D eigenvalue weighted by molar-refractivity contribution is 5.27. The second kappa shape index (κ2) is 38.7. The lowest BCUT2D eigenvalue weighted by molar-refractivity contribution is -0.239. The molecule has 0 spiro atoms. The first-order valence-electron chi connectivity index (χ1n) is 28.1. The largest absolute Gasteiger partial charge is 0.384 e. The SMILES string of the molecule is CCCOC(OCc1ccc([C@@H](OC)[C@@H](COC)[C@@H](C)OC)cc1)[C@H]([C@@H](OCCCOCc1ccc([C@@H](OC)[C@@H](COC)[C@@H](C)OC)cc1)C(C)(C)C)[C@@H](C)OCCCOCc1ccc([C@@H](OC)[C@@H](COC)[C@@H](C)OC)cc1. The molecule has 0 aliphatic heterocycles. The van der Waals surface area contributed by atoms with Crippen LogP contribution in [0.2, 0.25) is 0 Å². The molecule has 0 saturated carbocycles. The maximum absolute atomic E-state index is 6.94. The van der Waals surface area contributed by atoms with E-state index < -0.39 is 6.29 Å². The van der Waals surface area contributed by atoms with Crippen molar-refractivity contribution in [2.24, 2.45) is 29.1 Å². The Hall–Kier alpha value is -2.94. The lowest BCUT2D eigenvalue weighted by Crippen LogP contribution is -2.50. The third-order valence-electron chi connectivity index (χ3n) is 14.9. The van der Waals surface area contributed by atoms with Crippen LogP contribution in [0.3, 0.4) is 0 Å². The van der Waals surface area contributed by atoms with E-state index in [0.717, 1.165) is 39.8 Å². The summed E-state index contributed by atoms with van der Waals surface area (Å²) >= 11 is 0. The van der Waals surface area contributed by atoms with Crippen LogP contribution in [0.25, 0.3) is 0 Å². The molecule has 3 aromatic rings. The Labute approximate surface area is 471 Å². The van der Waals surface area contributed by atoms with Crippen molar-refractivity contribution < 1.29 is 71.1 Å². The van der Waals surface area contributed by atoms with Crippen LogP contribution in [0, 0.1) is 29.1 Å². The number of hydrogen-bond donors (Lipinski definition) is 0. The summed E-state index contributed by atoms with van der Waals surface area (Å²) in [6.45, 7) is 22.3.